The molecule has 0 N–H and O–H groups in total. The number of halogens is 1. The number of hydrogen-bond acceptors (Lipinski definition) is 3. The molecular weight excluding hydrogens is 329 g/mol. The van der Waals surface area contributed by atoms with Crippen LogP contribution in [0.25, 0.3) is 0 Å². The van der Waals surface area contributed by atoms with Crippen molar-refractivity contribution in [3.8, 4) is 0 Å². The molecule has 0 aromatic heterocycles. The monoisotopic (exact) mass is 349 g/mol. The van der Waals surface area contributed by atoms with Gasteiger partial charge in [0.2, 0.25) is 10.0 Å². The Balaban J connectivity index is 1.88. The van der Waals surface area contributed by atoms with Gasteiger partial charge in [-0.1, -0.05) is 24.3 Å². The molecule has 0 radical (unpaired) electrons. The minimum atomic E-state index is -3.67. The molecule has 1 heterocycles. The van der Waals surface area contributed by atoms with Gasteiger partial charge in [-0.05, 0) is 48.7 Å². The van der Waals surface area contributed by atoms with Gasteiger partial charge < -0.3 is 4.74 Å². The largest absolute Gasteiger partial charge is 0.371 e. The van der Waals surface area contributed by atoms with Gasteiger partial charge in [0.05, 0.1) is 17.6 Å². The lowest BCUT2D eigenvalue weighted by Crippen LogP contribution is -2.42. The Kier molecular flexibility index (Phi) is 4.71. The van der Waals surface area contributed by atoms with Crippen LogP contribution in [-0.2, 0) is 14.8 Å². The van der Waals surface area contributed by atoms with E-state index in [1.807, 2.05) is 31.2 Å². The average Bonchev–Trinajstić information content (AvgIpc) is 2.58. The summed E-state index contributed by atoms with van der Waals surface area (Å²) in [6.45, 7) is 4.42. The summed E-state index contributed by atoms with van der Waals surface area (Å²) >= 11 is 0. The van der Waals surface area contributed by atoms with E-state index in [2.05, 4.69) is 0 Å². The highest BCUT2D eigenvalue weighted by atomic mass is 32.2. The number of morpholine rings is 1. The molecule has 1 saturated heterocycles. The van der Waals surface area contributed by atoms with Crippen LogP contribution >= 0.6 is 0 Å². The Morgan fingerprint density at radius 3 is 2.58 bits per heavy atom. The molecule has 0 spiro atoms. The first-order chi connectivity index (χ1) is 11.4. The zero-order valence-corrected chi connectivity index (χ0v) is 14.5. The van der Waals surface area contributed by atoms with Crippen LogP contribution in [0.2, 0.25) is 0 Å². The summed E-state index contributed by atoms with van der Waals surface area (Å²) in [5.74, 6) is -0.409. The molecule has 4 nitrogen and oxygen atoms in total. The van der Waals surface area contributed by atoms with Gasteiger partial charge in [0.1, 0.15) is 5.82 Å². The van der Waals surface area contributed by atoms with E-state index in [0.29, 0.717) is 18.7 Å². The Morgan fingerprint density at radius 2 is 1.88 bits per heavy atom. The van der Waals surface area contributed by atoms with Crippen molar-refractivity contribution in [3.63, 3.8) is 0 Å². The normalized spacial score (nSPS) is 19.4. The third kappa shape index (κ3) is 3.22. The summed E-state index contributed by atoms with van der Waals surface area (Å²) in [5, 5.41) is 0. The maximum atomic E-state index is 13.4. The summed E-state index contributed by atoms with van der Waals surface area (Å²) in [6.07, 6.45) is -0.295. The lowest BCUT2D eigenvalue weighted by Gasteiger charge is -2.33. The fourth-order valence-corrected chi connectivity index (χ4v) is 4.42. The van der Waals surface area contributed by atoms with Crippen molar-refractivity contribution >= 4 is 10.0 Å². The van der Waals surface area contributed by atoms with Crippen molar-refractivity contribution in [2.24, 2.45) is 0 Å². The smallest absolute Gasteiger partial charge is 0.243 e. The zero-order valence-electron chi connectivity index (χ0n) is 13.7. The molecule has 2 aromatic carbocycles. The molecule has 6 heteroatoms. The lowest BCUT2D eigenvalue weighted by atomic mass is 10.0. The van der Waals surface area contributed by atoms with Crippen LogP contribution in [0.15, 0.2) is 47.4 Å². The van der Waals surface area contributed by atoms with Crippen LogP contribution in [0.5, 0.6) is 0 Å². The van der Waals surface area contributed by atoms with Crippen molar-refractivity contribution in [1.82, 2.24) is 4.31 Å². The highest BCUT2D eigenvalue weighted by molar-refractivity contribution is 7.89. The fourth-order valence-electron chi connectivity index (χ4n) is 2.91. The summed E-state index contributed by atoms with van der Waals surface area (Å²) in [4.78, 5) is 0.117. The Morgan fingerprint density at radius 1 is 1.12 bits per heavy atom. The van der Waals surface area contributed by atoms with Gasteiger partial charge in [-0.15, -0.1) is 0 Å². The van der Waals surface area contributed by atoms with Crippen LogP contribution in [0.3, 0.4) is 0 Å². The molecule has 1 aliphatic heterocycles. The van der Waals surface area contributed by atoms with Gasteiger partial charge in [-0.2, -0.15) is 4.31 Å². The Labute approximate surface area is 141 Å². The second kappa shape index (κ2) is 6.63. The topological polar surface area (TPSA) is 46.6 Å². The van der Waals surface area contributed by atoms with E-state index >= 15 is 0 Å². The quantitative estimate of drug-likeness (QED) is 0.855. The van der Waals surface area contributed by atoms with E-state index in [1.54, 1.807) is 6.92 Å². The van der Waals surface area contributed by atoms with Crippen molar-refractivity contribution < 1.29 is 17.5 Å². The van der Waals surface area contributed by atoms with E-state index in [4.69, 9.17) is 4.74 Å². The molecule has 3 rings (SSSR count). The number of nitrogens with zero attached hydrogens (tertiary/aromatic N) is 1. The summed E-state index contributed by atoms with van der Waals surface area (Å²) in [5.41, 5.74) is 2.38. The minimum absolute atomic E-state index is 0.117. The second-order valence-electron chi connectivity index (χ2n) is 5.99. The number of aryl methyl sites for hydroxylation is 2. The lowest BCUT2D eigenvalue weighted by molar-refractivity contribution is -0.00289. The predicted molar refractivity (Wildman–Crippen MR) is 89.8 cm³/mol. The zero-order chi connectivity index (χ0) is 17.3. The molecule has 24 heavy (non-hydrogen) atoms. The number of ether oxygens (including phenoxy) is 1. The maximum absolute atomic E-state index is 13.4. The Bertz CT molecular complexity index is 851. The van der Waals surface area contributed by atoms with Crippen LogP contribution in [0.1, 0.15) is 22.8 Å². The molecule has 1 unspecified atom stereocenters. The van der Waals surface area contributed by atoms with Gasteiger partial charge in [-0.3, -0.25) is 0 Å². The molecule has 0 bridgehead atoms. The van der Waals surface area contributed by atoms with Crippen molar-refractivity contribution in [3.05, 3.63) is 65.0 Å². The van der Waals surface area contributed by atoms with Gasteiger partial charge in [0, 0.05) is 13.1 Å². The van der Waals surface area contributed by atoms with Gasteiger partial charge >= 0.3 is 0 Å². The van der Waals surface area contributed by atoms with E-state index < -0.39 is 15.8 Å². The van der Waals surface area contributed by atoms with E-state index in [0.717, 1.165) is 11.1 Å². The van der Waals surface area contributed by atoms with Crippen LogP contribution in [0.4, 0.5) is 4.39 Å². The van der Waals surface area contributed by atoms with Crippen LogP contribution in [0, 0.1) is 19.7 Å². The first-order valence-corrected chi connectivity index (χ1v) is 9.27. The molecule has 0 aliphatic carbocycles. The fraction of sp³-hybridized carbons (Fsp3) is 0.333. The van der Waals surface area contributed by atoms with Gasteiger partial charge in [0.25, 0.3) is 0 Å². The van der Waals surface area contributed by atoms with Crippen LogP contribution < -0.4 is 0 Å². The van der Waals surface area contributed by atoms with Gasteiger partial charge in [0.15, 0.2) is 0 Å². The number of rotatable bonds is 3. The molecule has 0 amide bonds. The summed E-state index contributed by atoms with van der Waals surface area (Å²) in [6, 6.07) is 11.7. The molecule has 1 atom stereocenters. The molecule has 2 aromatic rings. The van der Waals surface area contributed by atoms with E-state index in [1.165, 1.54) is 22.5 Å². The highest BCUT2D eigenvalue weighted by Crippen LogP contribution is 2.28. The maximum Gasteiger partial charge on any atom is 0.243 e. The Hall–Kier alpha value is -1.76. The SMILES string of the molecule is Cc1cc(S(=O)(=O)N2CCOC(c3ccccc3C)C2)ccc1F. The van der Waals surface area contributed by atoms with Crippen molar-refractivity contribution in [1.29, 1.82) is 0 Å². The summed E-state index contributed by atoms with van der Waals surface area (Å²) in [7, 11) is -3.67. The third-order valence-corrected chi connectivity index (χ3v) is 6.19. The van der Waals surface area contributed by atoms with Crippen molar-refractivity contribution in [2.75, 3.05) is 19.7 Å². The molecule has 1 fully saturated rings. The number of benzene rings is 2. The van der Waals surface area contributed by atoms with Crippen LogP contribution in [-0.4, -0.2) is 32.4 Å². The first-order valence-electron chi connectivity index (χ1n) is 7.83. The first kappa shape index (κ1) is 17.1. The molecule has 0 saturated carbocycles. The number of sulfonamides is 1. The van der Waals surface area contributed by atoms with Gasteiger partial charge in [-0.25, -0.2) is 12.8 Å². The highest BCUT2D eigenvalue weighted by Gasteiger charge is 2.32. The average molecular weight is 349 g/mol. The predicted octanol–water partition coefficient (Wildman–Crippen LogP) is 3.20. The minimum Gasteiger partial charge on any atom is -0.371 e. The van der Waals surface area contributed by atoms with Crippen molar-refractivity contribution in [2.45, 2.75) is 24.8 Å². The third-order valence-electron chi connectivity index (χ3n) is 4.33. The summed E-state index contributed by atoms with van der Waals surface area (Å²) < 4.78 is 46.3. The molecule has 128 valence electrons. The molecular formula is C18H20FNO3S. The molecule has 1 aliphatic rings. The number of hydrogen-bond donors (Lipinski definition) is 0. The second-order valence-corrected chi connectivity index (χ2v) is 7.93. The van der Waals surface area contributed by atoms with E-state index in [9.17, 15) is 12.8 Å². The van der Waals surface area contributed by atoms with E-state index in [-0.39, 0.29) is 17.5 Å². The standard InChI is InChI=1S/C18H20FNO3S/c1-13-5-3-4-6-16(13)18-12-20(9-10-23-18)24(21,22)15-7-8-17(19)14(2)11-15/h3-8,11,18H,9-10,12H2,1-2H3.